The highest BCUT2D eigenvalue weighted by Gasteiger charge is 2.32. The maximum absolute atomic E-state index is 12.5. The van der Waals surface area contributed by atoms with E-state index in [4.69, 9.17) is 5.73 Å². The van der Waals surface area contributed by atoms with E-state index in [9.17, 15) is 9.90 Å². The van der Waals surface area contributed by atoms with E-state index in [1.165, 1.54) is 0 Å². The number of amides is 1. The Hall–Kier alpha value is -1.56. The lowest BCUT2D eigenvalue weighted by Gasteiger charge is -2.35. The van der Waals surface area contributed by atoms with Crippen molar-refractivity contribution in [2.24, 2.45) is 7.05 Å². The zero-order chi connectivity index (χ0) is 14.2. The fourth-order valence-electron chi connectivity index (χ4n) is 2.45. The predicted octanol–water partition coefficient (Wildman–Crippen LogP) is 0.552. The number of hydrogen-bond donors (Lipinski definition) is 2. The molecule has 2 heterocycles. The van der Waals surface area contributed by atoms with E-state index >= 15 is 0 Å². The number of nitrogen functional groups attached to an aromatic ring is 1. The van der Waals surface area contributed by atoms with Gasteiger partial charge < -0.3 is 15.7 Å². The number of likely N-dealkylation sites (tertiary alicyclic amines) is 1. The molecular formula is C13H22N4O2. The maximum atomic E-state index is 12.5. The fourth-order valence-corrected chi connectivity index (χ4v) is 2.45. The summed E-state index contributed by atoms with van der Waals surface area (Å²) in [6, 6.07) is 0. The van der Waals surface area contributed by atoms with Gasteiger partial charge in [-0.25, -0.2) is 0 Å². The highest BCUT2D eigenvalue weighted by Crippen LogP contribution is 2.24. The summed E-state index contributed by atoms with van der Waals surface area (Å²) >= 11 is 0. The van der Waals surface area contributed by atoms with Gasteiger partial charge in [0.15, 0.2) is 0 Å². The SMILES string of the molecule is CCc1nn(C)c(C(=O)N2CCC(C)(O)CC2)c1N. The van der Waals surface area contributed by atoms with Gasteiger partial charge in [0.1, 0.15) is 5.69 Å². The molecule has 0 bridgehead atoms. The summed E-state index contributed by atoms with van der Waals surface area (Å²) in [7, 11) is 1.74. The molecule has 1 saturated heterocycles. The van der Waals surface area contributed by atoms with E-state index in [1.54, 1.807) is 16.6 Å². The summed E-state index contributed by atoms with van der Waals surface area (Å²) in [4.78, 5) is 14.2. The summed E-state index contributed by atoms with van der Waals surface area (Å²) in [6.07, 6.45) is 1.90. The Morgan fingerprint density at radius 1 is 1.47 bits per heavy atom. The zero-order valence-corrected chi connectivity index (χ0v) is 11.8. The van der Waals surface area contributed by atoms with Crippen molar-refractivity contribution in [2.45, 2.75) is 38.7 Å². The Morgan fingerprint density at radius 3 is 2.53 bits per heavy atom. The van der Waals surface area contributed by atoms with Crippen molar-refractivity contribution in [3.63, 3.8) is 0 Å². The normalized spacial score (nSPS) is 18.6. The number of piperidine rings is 1. The third-order valence-corrected chi connectivity index (χ3v) is 3.83. The Bertz CT molecular complexity index is 483. The lowest BCUT2D eigenvalue weighted by molar-refractivity contribution is -0.00228. The molecule has 1 aromatic rings. The molecule has 0 aliphatic carbocycles. The minimum absolute atomic E-state index is 0.0947. The number of nitrogens with two attached hydrogens (primary N) is 1. The second kappa shape index (κ2) is 4.85. The molecule has 0 radical (unpaired) electrons. The highest BCUT2D eigenvalue weighted by molar-refractivity contribution is 5.98. The number of aliphatic hydroxyl groups is 1. The minimum atomic E-state index is -0.663. The lowest BCUT2D eigenvalue weighted by atomic mass is 9.93. The summed E-state index contributed by atoms with van der Waals surface area (Å²) in [6.45, 7) is 4.88. The van der Waals surface area contributed by atoms with E-state index in [0.717, 1.165) is 5.69 Å². The summed E-state index contributed by atoms with van der Waals surface area (Å²) < 4.78 is 1.56. The molecule has 19 heavy (non-hydrogen) atoms. The van der Waals surface area contributed by atoms with E-state index in [2.05, 4.69) is 5.10 Å². The topological polar surface area (TPSA) is 84.4 Å². The molecule has 6 nitrogen and oxygen atoms in total. The van der Waals surface area contributed by atoms with Crippen molar-refractivity contribution in [1.29, 1.82) is 0 Å². The molecule has 1 aromatic heterocycles. The average Bonchev–Trinajstić information content (AvgIpc) is 2.63. The lowest BCUT2D eigenvalue weighted by Crippen LogP contribution is -2.45. The van der Waals surface area contributed by atoms with Crippen molar-refractivity contribution in [2.75, 3.05) is 18.8 Å². The van der Waals surface area contributed by atoms with Gasteiger partial charge in [0.2, 0.25) is 0 Å². The molecule has 0 unspecified atom stereocenters. The molecule has 0 aromatic carbocycles. The minimum Gasteiger partial charge on any atom is -0.395 e. The van der Waals surface area contributed by atoms with Crippen molar-refractivity contribution >= 4 is 11.6 Å². The van der Waals surface area contributed by atoms with Crippen LogP contribution in [0.1, 0.15) is 42.9 Å². The van der Waals surface area contributed by atoms with Crippen molar-refractivity contribution < 1.29 is 9.90 Å². The first-order chi connectivity index (χ1) is 8.85. The third-order valence-electron chi connectivity index (χ3n) is 3.83. The second-order valence-corrected chi connectivity index (χ2v) is 5.48. The molecule has 0 saturated carbocycles. The van der Waals surface area contributed by atoms with Crippen LogP contribution in [-0.2, 0) is 13.5 Å². The van der Waals surface area contributed by atoms with Crippen LogP contribution in [0, 0.1) is 0 Å². The molecule has 1 fully saturated rings. The Morgan fingerprint density at radius 2 is 2.05 bits per heavy atom. The first-order valence-corrected chi connectivity index (χ1v) is 6.68. The van der Waals surface area contributed by atoms with Crippen molar-refractivity contribution in [1.82, 2.24) is 14.7 Å². The van der Waals surface area contributed by atoms with Gasteiger partial charge in [0, 0.05) is 20.1 Å². The van der Waals surface area contributed by atoms with Crippen LogP contribution in [0.25, 0.3) is 0 Å². The summed E-state index contributed by atoms with van der Waals surface area (Å²) in [5.74, 6) is -0.0947. The predicted molar refractivity (Wildman–Crippen MR) is 72.8 cm³/mol. The molecule has 0 atom stereocenters. The molecule has 0 spiro atoms. The van der Waals surface area contributed by atoms with Gasteiger partial charge in [-0.05, 0) is 26.2 Å². The largest absolute Gasteiger partial charge is 0.395 e. The average molecular weight is 266 g/mol. The Kier molecular flexibility index (Phi) is 3.54. The van der Waals surface area contributed by atoms with Crippen LogP contribution in [0.15, 0.2) is 0 Å². The standard InChI is InChI=1S/C13H22N4O2/c1-4-9-10(14)11(16(3)15-9)12(18)17-7-5-13(2,19)6-8-17/h19H,4-8,14H2,1-3H3. The number of anilines is 1. The number of carbonyl (C=O) groups excluding carboxylic acids is 1. The number of aromatic nitrogens is 2. The monoisotopic (exact) mass is 266 g/mol. The van der Waals surface area contributed by atoms with Crippen LogP contribution in [-0.4, -0.2) is 44.4 Å². The molecule has 106 valence electrons. The molecule has 3 N–H and O–H groups in total. The zero-order valence-electron chi connectivity index (χ0n) is 11.8. The number of carbonyl (C=O) groups is 1. The number of hydrogen-bond acceptors (Lipinski definition) is 4. The van der Waals surface area contributed by atoms with E-state index < -0.39 is 5.60 Å². The molecule has 1 amide bonds. The quantitative estimate of drug-likeness (QED) is 0.819. The van der Waals surface area contributed by atoms with Crippen LogP contribution in [0.4, 0.5) is 5.69 Å². The molecule has 2 rings (SSSR count). The first-order valence-electron chi connectivity index (χ1n) is 6.68. The van der Waals surface area contributed by atoms with Gasteiger partial charge in [0.05, 0.1) is 17.0 Å². The highest BCUT2D eigenvalue weighted by atomic mass is 16.3. The number of nitrogens with zero attached hydrogens (tertiary/aromatic N) is 3. The van der Waals surface area contributed by atoms with Gasteiger partial charge in [0.25, 0.3) is 5.91 Å². The van der Waals surface area contributed by atoms with Gasteiger partial charge in [-0.3, -0.25) is 9.48 Å². The fraction of sp³-hybridized carbons (Fsp3) is 0.692. The molecular weight excluding hydrogens is 244 g/mol. The van der Waals surface area contributed by atoms with E-state index in [-0.39, 0.29) is 5.91 Å². The van der Waals surface area contributed by atoms with E-state index in [1.807, 2.05) is 13.8 Å². The van der Waals surface area contributed by atoms with Gasteiger partial charge >= 0.3 is 0 Å². The number of rotatable bonds is 2. The third kappa shape index (κ3) is 2.58. The number of aryl methyl sites for hydroxylation is 2. The molecule has 1 aliphatic rings. The first kappa shape index (κ1) is 13.9. The van der Waals surface area contributed by atoms with Crippen molar-refractivity contribution in [3.8, 4) is 0 Å². The molecule has 6 heteroatoms. The second-order valence-electron chi connectivity index (χ2n) is 5.48. The van der Waals surface area contributed by atoms with Gasteiger partial charge in [-0.15, -0.1) is 0 Å². The van der Waals surface area contributed by atoms with Crippen molar-refractivity contribution in [3.05, 3.63) is 11.4 Å². The Balaban J connectivity index is 2.19. The summed E-state index contributed by atoms with van der Waals surface area (Å²) in [5, 5.41) is 14.2. The van der Waals surface area contributed by atoms with Crippen LogP contribution >= 0.6 is 0 Å². The van der Waals surface area contributed by atoms with Crippen LogP contribution in [0.3, 0.4) is 0 Å². The summed E-state index contributed by atoms with van der Waals surface area (Å²) in [5.41, 5.74) is 7.03. The Labute approximate surface area is 113 Å². The van der Waals surface area contributed by atoms with Gasteiger partial charge in [-0.2, -0.15) is 5.10 Å². The molecule has 1 aliphatic heterocycles. The van der Waals surface area contributed by atoms with Crippen LogP contribution in [0.2, 0.25) is 0 Å². The van der Waals surface area contributed by atoms with E-state index in [0.29, 0.717) is 43.7 Å². The van der Waals surface area contributed by atoms with Crippen LogP contribution in [0.5, 0.6) is 0 Å². The van der Waals surface area contributed by atoms with Gasteiger partial charge in [-0.1, -0.05) is 6.92 Å². The van der Waals surface area contributed by atoms with Crippen LogP contribution < -0.4 is 5.73 Å². The smallest absolute Gasteiger partial charge is 0.274 e. The maximum Gasteiger partial charge on any atom is 0.274 e.